The molecule has 2 heterocycles. The predicted octanol–water partition coefficient (Wildman–Crippen LogP) is 6.32. The van der Waals surface area contributed by atoms with Crippen molar-refractivity contribution >= 4 is 37.8 Å². The monoisotopic (exact) mass is 375 g/mol. The van der Waals surface area contributed by atoms with Gasteiger partial charge in [-0.15, -0.1) is 0 Å². The Balaban J connectivity index is 1.96. The van der Waals surface area contributed by atoms with E-state index in [0.717, 1.165) is 50.8 Å². The lowest BCUT2D eigenvalue weighted by Gasteiger charge is -2.09. The van der Waals surface area contributed by atoms with Gasteiger partial charge in [-0.25, -0.2) is 0 Å². The van der Waals surface area contributed by atoms with Crippen LogP contribution in [0.25, 0.3) is 21.9 Å². The van der Waals surface area contributed by atoms with Crippen LogP contribution < -0.4 is 0 Å². The summed E-state index contributed by atoms with van der Waals surface area (Å²) in [5.41, 5.74) is 2.84. The van der Waals surface area contributed by atoms with E-state index in [1.165, 1.54) is 12.8 Å². The van der Waals surface area contributed by atoms with Crippen molar-refractivity contribution in [2.75, 3.05) is 6.61 Å². The zero-order chi connectivity index (χ0) is 16.4. The molecule has 4 heteroatoms. The molecule has 0 bridgehead atoms. The van der Waals surface area contributed by atoms with Crippen molar-refractivity contribution in [2.24, 2.45) is 0 Å². The Hall–Kier alpha value is -1.39. The first kappa shape index (κ1) is 16.5. The maximum Gasteiger partial charge on any atom is 0.145 e. The second-order valence-corrected chi connectivity index (χ2v) is 6.89. The van der Waals surface area contributed by atoms with Gasteiger partial charge in [-0.2, -0.15) is 0 Å². The number of aryl methyl sites for hydroxylation is 1. The van der Waals surface area contributed by atoms with Crippen LogP contribution in [0.15, 0.2) is 33.2 Å². The van der Waals surface area contributed by atoms with Crippen LogP contribution in [0.1, 0.15) is 50.7 Å². The highest BCUT2D eigenvalue weighted by molar-refractivity contribution is 9.10. The Morgan fingerprint density at radius 2 is 2.04 bits per heavy atom. The topological polar surface area (TPSA) is 35.3 Å². The van der Waals surface area contributed by atoms with Gasteiger partial charge in [0.15, 0.2) is 0 Å². The van der Waals surface area contributed by atoms with Crippen LogP contribution in [0.4, 0.5) is 0 Å². The molecule has 0 aliphatic carbocycles. The second kappa shape index (κ2) is 7.02. The van der Waals surface area contributed by atoms with Gasteiger partial charge in [0.05, 0.1) is 5.52 Å². The number of unbranched alkanes of at least 4 members (excludes halogenated alkanes) is 2. The Kier molecular flexibility index (Phi) is 5.02. The minimum Gasteiger partial charge on any atom is -0.458 e. The van der Waals surface area contributed by atoms with E-state index in [1.54, 1.807) is 0 Å². The summed E-state index contributed by atoms with van der Waals surface area (Å²) in [5.74, 6) is 0.869. The lowest BCUT2D eigenvalue weighted by atomic mass is 10.1. The standard InChI is InChI=1S/C19H22BrNO2/c1-4-5-6-9-22-13(3)18-11-15-12(2)21-17-8-7-14(20)10-16(17)19(15)23-18/h7-8,10-11,13H,4-6,9H2,1-3H3. The van der Waals surface area contributed by atoms with E-state index in [-0.39, 0.29) is 6.10 Å². The van der Waals surface area contributed by atoms with Gasteiger partial charge in [0.1, 0.15) is 17.4 Å². The van der Waals surface area contributed by atoms with Crippen LogP contribution in [0.5, 0.6) is 0 Å². The highest BCUT2D eigenvalue weighted by Gasteiger charge is 2.16. The largest absolute Gasteiger partial charge is 0.458 e. The number of fused-ring (bicyclic) bond motifs is 3. The predicted molar refractivity (Wildman–Crippen MR) is 97.8 cm³/mol. The van der Waals surface area contributed by atoms with Crippen LogP contribution >= 0.6 is 15.9 Å². The van der Waals surface area contributed by atoms with E-state index in [0.29, 0.717) is 0 Å². The van der Waals surface area contributed by atoms with Crippen LogP contribution in [-0.2, 0) is 4.74 Å². The summed E-state index contributed by atoms with van der Waals surface area (Å²) in [6.07, 6.45) is 3.46. The normalized spacial score (nSPS) is 13.0. The number of hydrogen-bond donors (Lipinski definition) is 0. The van der Waals surface area contributed by atoms with Crippen molar-refractivity contribution in [3.05, 3.63) is 40.2 Å². The van der Waals surface area contributed by atoms with E-state index < -0.39 is 0 Å². The summed E-state index contributed by atoms with van der Waals surface area (Å²) < 4.78 is 13.1. The van der Waals surface area contributed by atoms with Gasteiger partial charge in [-0.3, -0.25) is 4.98 Å². The number of ether oxygens (including phenoxy) is 1. The Morgan fingerprint density at radius 1 is 1.22 bits per heavy atom. The number of aromatic nitrogens is 1. The third-order valence-electron chi connectivity index (χ3n) is 4.15. The lowest BCUT2D eigenvalue weighted by Crippen LogP contribution is -2.00. The lowest BCUT2D eigenvalue weighted by molar-refractivity contribution is 0.0494. The second-order valence-electron chi connectivity index (χ2n) is 5.97. The number of halogens is 1. The molecule has 3 nitrogen and oxygen atoms in total. The molecule has 0 saturated heterocycles. The first-order valence-electron chi connectivity index (χ1n) is 8.21. The summed E-state index contributed by atoms with van der Waals surface area (Å²) >= 11 is 3.53. The number of pyridine rings is 1. The van der Waals surface area contributed by atoms with E-state index in [9.17, 15) is 0 Å². The van der Waals surface area contributed by atoms with Crippen molar-refractivity contribution in [3.63, 3.8) is 0 Å². The fourth-order valence-corrected chi connectivity index (χ4v) is 3.16. The summed E-state index contributed by atoms with van der Waals surface area (Å²) in [6, 6.07) is 8.15. The molecule has 0 spiro atoms. The van der Waals surface area contributed by atoms with Gasteiger partial charge in [0.25, 0.3) is 0 Å². The molecule has 1 aromatic carbocycles. The average molecular weight is 376 g/mol. The SMILES string of the molecule is CCCCCOC(C)c1cc2c(C)nc3ccc(Br)cc3c2o1. The molecule has 0 aliphatic rings. The molecular weight excluding hydrogens is 354 g/mol. The zero-order valence-electron chi connectivity index (χ0n) is 13.9. The molecule has 3 rings (SSSR count). The molecular formula is C19H22BrNO2. The molecule has 0 N–H and O–H groups in total. The van der Waals surface area contributed by atoms with Crippen molar-refractivity contribution in [2.45, 2.75) is 46.1 Å². The van der Waals surface area contributed by atoms with Crippen molar-refractivity contribution in [1.29, 1.82) is 0 Å². The molecule has 0 radical (unpaired) electrons. The van der Waals surface area contributed by atoms with Crippen LogP contribution in [0.3, 0.4) is 0 Å². The molecule has 1 atom stereocenters. The van der Waals surface area contributed by atoms with Crippen molar-refractivity contribution in [3.8, 4) is 0 Å². The highest BCUT2D eigenvalue weighted by Crippen LogP contribution is 2.33. The maximum atomic E-state index is 6.15. The van der Waals surface area contributed by atoms with Gasteiger partial charge in [0, 0.05) is 27.5 Å². The molecule has 23 heavy (non-hydrogen) atoms. The van der Waals surface area contributed by atoms with Gasteiger partial charge in [0.2, 0.25) is 0 Å². The molecule has 2 aromatic heterocycles. The molecule has 3 aromatic rings. The fourth-order valence-electron chi connectivity index (χ4n) is 2.80. The molecule has 0 fully saturated rings. The molecule has 1 unspecified atom stereocenters. The smallest absolute Gasteiger partial charge is 0.145 e. The third kappa shape index (κ3) is 3.43. The van der Waals surface area contributed by atoms with Crippen molar-refractivity contribution < 1.29 is 9.15 Å². The third-order valence-corrected chi connectivity index (χ3v) is 4.64. The molecule has 122 valence electrons. The van der Waals surface area contributed by atoms with E-state index in [1.807, 2.05) is 26.0 Å². The number of hydrogen-bond acceptors (Lipinski definition) is 3. The van der Waals surface area contributed by atoms with E-state index >= 15 is 0 Å². The Morgan fingerprint density at radius 3 is 2.83 bits per heavy atom. The first-order valence-corrected chi connectivity index (χ1v) is 9.00. The minimum absolute atomic E-state index is 0.0409. The van der Waals surface area contributed by atoms with Crippen LogP contribution in [-0.4, -0.2) is 11.6 Å². The van der Waals surface area contributed by atoms with E-state index in [2.05, 4.69) is 40.0 Å². The maximum absolute atomic E-state index is 6.15. The Labute approximate surface area is 145 Å². The van der Waals surface area contributed by atoms with Crippen molar-refractivity contribution in [1.82, 2.24) is 4.98 Å². The summed E-state index contributed by atoms with van der Waals surface area (Å²) in [6.45, 7) is 7.04. The average Bonchev–Trinajstić information content (AvgIpc) is 2.98. The van der Waals surface area contributed by atoms with Gasteiger partial charge >= 0.3 is 0 Å². The molecule has 0 amide bonds. The van der Waals surface area contributed by atoms with Gasteiger partial charge in [-0.1, -0.05) is 35.7 Å². The number of nitrogens with zero attached hydrogens (tertiary/aromatic N) is 1. The summed E-state index contributed by atoms with van der Waals surface area (Å²) in [7, 11) is 0. The van der Waals surface area contributed by atoms with Crippen LogP contribution in [0, 0.1) is 6.92 Å². The Bertz CT molecular complexity index is 825. The summed E-state index contributed by atoms with van der Waals surface area (Å²) in [4.78, 5) is 4.68. The summed E-state index contributed by atoms with van der Waals surface area (Å²) in [5, 5.41) is 2.10. The van der Waals surface area contributed by atoms with E-state index in [4.69, 9.17) is 9.15 Å². The molecule has 0 aliphatic heterocycles. The first-order chi connectivity index (χ1) is 11.1. The minimum atomic E-state index is -0.0409. The highest BCUT2D eigenvalue weighted by atomic mass is 79.9. The quantitative estimate of drug-likeness (QED) is 0.472. The number of furan rings is 1. The van der Waals surface area contributed by atoms with Gasteiger partial charge in [-0.05, 0) is 44.5 Å². The number of benzene rings is 1. The van der Waals surface area contributed by atoms with Crippen LogP contribution in [0.2, 0.25) is 0 Å². The fraction of sp³-hybridized carbons (Fsp3) is 0.421. The molecule has 0 saturated carbocycles. The van der Waals surface area contributed by atoms with Gasteiger partial charge < -0.3 is 9.15 Å². The zero-order valence-corrected chi connectivity index (χ0v) is 15.4. The number of rotatable bonds is 6.